The van der Waals surface area contributed by atoms with Crippen LogP contribution in [-0.4, -0.2) is 124 Å². The maximum atomic E-state index is 12.9. The molecule has 3 aliphatic rings. The quantitative estimate of drug-likeness (QED) is 0.138. The van der Waals surface area contributed by atoms with Crippen molar-refractivity contribution >= 4 is 90.3 Å². The van der Waals surface area contributed by atoms with Gasteiger partial charge in [-0.1, -0.05) is 0 Å². The van der Waals surface area contributed by atoms with E-state index in [4.69, 9.17) is 26.8 Å². The first kappa shape index (κ1) is 38.4. The Labute approximate surface area is 332 Å². The van der Waals surface area contributed by atoms with Crippen LogP contribution >= 0.6 is 34.3 Å². The highest BCUT2D eigenvalue weighted by Crippen LogP contribution is 2.40. The second-order valence-electron chi connectivity index (χ2n) is 13.3. The van der Waals surface area contributed by atoms with Crippen molar-refractivity contribution in [3.05, 3.63) is 56.8 Å². The van der Waals surface area contributed by atoms with Crippen molar-refractivity contribution in [1.82, 2.24) is 39.5 Å². The largest absolute Gasteiger partial charge is 0.495 e. The molecule has 4 amide bonds. The smallest absolute Gasteiger partial charge is 0.320 e. The van der Waals surface area contributed by atoms with Crippen LogP contribution in [0, 0.1) is 0 Å². The van der Waals surface area contributed by atoms with Gasteiger partial charge in [0.25, 0.3) is 0 Å². The third-order valence-electron chi connectivity index (χ3n) is 9.90. The van der Waals surface area contributed by atoms with Crippen LogP contribution in [0.2, 0.25) is 0 Å². The van der Waals surface area contributed by atoms with Crippen molar-refractivity contribution in [3.8, 4) is 5.75 Å². The molecule has 3 N–H and O–H groups in total. The number of nitrogens with zero attached hydrogens (tertiary/aromatic N) is 9. The van der Waals surface area contributed by atoms with Crippen molar-refractivity contribution in [2.75, 3.05) is 77.5 Å². The molecule has 0 atom stereocenters. The van der Waals surface area contributed by atoms with Crippen LogP contribution in [0.4, 0.5) is 26.9 Å². The second kappa shape index (κ2) is 16.9. The minimum Gasteiger partial charge on any atom is -0.495 e. The maximum Gasteiger partial charge on any atom is 0.320 e. The SMILES string of the molecule is CCOCCN(C)C(=O)N1CCc2c(sc3ncnc(Nc4cc5c(cc4OC)CN=C5)c23)C1.CN(CCCl)C(=O)N1CCc2c(sc3ncnc(N)c23)C1. The number of anilines is 3. The van der Waals surface area contributed by atoms with Gasteiger partial charge in [0.05, 0.1) is 49.8 Å². The van der Waals surface area contributed by atoms with Crippen molar-refractivity contribution in [2.24, 2.45) is 4.99 Å². The number of carbonyl (C=O) groups excluding carboxylic acids is 2. The summed E-state index contributed by atoms with van der Waals surface area (Å²) in [6.45, 7) is 7.47. The van der Waals surface area contributed by atoms with E-state index in [0.717, 1.165) is 71.4 Å². The Kier molecular flexibility index (Phi) is 11.8. The van der Waals surface area contributed by atoms with E-state index in [1.165, 1.54) is 17.5 Å². The summed E-state index contributed by atoms with van der Waals surface area (Å²) >= 11 is 8.91. The molecule has 0 aliphatic carbocycles. The molecule has 15 nitrogen and oxygen atoms in total. The Morgan fingerprint density at radius 3 is 2.22 bits per heavy atom. The van der Waals surface area contributed by atoms with Gasteiger partial charge in [-0.2, -0.15) is 0 Å². The number of fused-ring (bicyclic) bond motifs is 7. The van der Waals surface area contributed by atoms with Gasteiger partial charge < -0.3 is 40.1 Å². The number of urea groups is 2. The lowest BCUT2D eigenvalue weighted by Crippen LogP contribution is -2.44. The number of hydrogen-bond donors (Lipinski definition) is 2. The molecule has 1 aromatic carbocycles. The number of ether oxygens (including phenoxy) is 2. The lowest BCUT2D eigenvalue weighted by atomic mass is 10.0. The summed E-state index contributed by atoms with van der Waals surface area (Å²) < 4.78 is 11.0. The molecule has 0 saturated carbocycles. The first-order chi connectivity index (χ1) is 26.7. The van der Waals surface area contributed by atoms with E-state index in [0.29, 0.717) is 70.7 Å². The molecule has 290 valence electrons. The fraction of sp³-hybridized carbons (Fsp3) is 0.432. The van der Waals surface area contributed by atoms with Gasteiger partial charge in [-0.05, 0) is 54.2 Å². The number of aromatic nitrogens is 4. The van der Waals surface area contributed by atoms with Crippen molar-refractivity contribution in [3.63, 3.8) is 0 Å². The number of hydrogen-bond acceptors (Lipinski definition) is 13. The second-order valence-corrected chi connectivity index (χ2v) is 15.9. The number of amides is 4. The lowest BCUT2D eigenvalue weighted by molar-refractivity contribution is 0.112. The van der Waals surface area contributed by atoms with Crippen LogP contribution in [0.1, 0.15) is 38.9 Å². The standard InChI is InChI=1S/C24H28N6O3S.C13H16ClN5OS/c1-4-33-8-7-29(2)24(31)30-6-5-17-20(13-30)34-23-21(17)22(26-14-27-23)28-18-9-15-11-25-12-16(15)10-19(18)32-3;1-18(5-3-14)13(20)19-4-2-8-9(6-19)21-12-10(8)11(15)16-7-17-12/h9-11,14H,4-8,12-13H2,1-3H3,(H,26,27,28);7H,2-6H2,1H3,(H2,15,16,17). The summed E-state index contributed by atoms with van der Waals surface area (Å²) in [5.74, 6) is 2.48. The number of nitrogens with one attached hydrogen (secondary N) is 1. The highest BCUT2D eigenvalue weighted by Gasteiger charge is 2.29. The average Bonchev–Trinajstić information content (AvgIpc) is 3.92. The first-order valence-corrected chi connectivity index (χ1v) is 20.2. The molecule has 0 saturated heterocycles. The van der Waals surface area contributed by atoms with Crippen LogP contribution in [0.25, 0.3) is 20.4 Å². The van der Waals surface area contributed by atoms with Crippen molar-refractivity contribution in [2.45, 2.75) is 39.4 Å². The third-order valence-corrected chi connectivity index (χ3v) is 12.3. The van der Waals surface area contributed by atoms with Gasteiger partial charge in [0.2, 0.25) is 0 Å². The number of alkyl halides is 1. The number of methoxy groups -OCH3 is 1. The van der Waals surface area contributed by atoms with Gasteiger partial charge in [0.15, 0.2) is 0 Å². The Morgan fingerprint density at radius 2 is 1.56 bits per heavy atom. The van der Waals surface area contributed by atoms with Gasteiger partial charge in [0, 0.05) is 68.7 Å². The highest BCUT2D eigenvalue weighted by atomic mass is 35.5. The van der Waals surface area contributed by atoms with E-state index in [9.17, 15) is 9.59 Å². The fourth-order valence-electron chi connectivity index (χ4n) is 6.98. The summed E-state index contributed by atoms with van der Waals surface area (Å²) in [6.07, 6.45) is 6.50. The number of nitrogens with two attached hydrogens (primary N) is 1. The topological polar surface area (TPSA) is 168 Å². The van der Waals surface area contributed by atoms with E-state index < -0.39 is 0 Å². The Hall–Kier alpha value is -4.84. The zero-order valence-corrected chi connectivity index (χ0v) is 33.7. The zero-order chi connectivity index (χ0) is 38.6. The van der Waals surface area contributed by atoms with Gasteiger partial charge in [0.1, 0.15) is 39.7 Å². The number of carbonyl (C=O) groups is 2. The molecule has 8 rings (SSSR count). The van der Waals surface area contributed by atoms with Crippen LogP contribution in [-0.2, 0) is 37.2 Å². The predicted octanol–water partition coefficient (Wildman–Crippen LogP) is 5.74. The van der Waals surface area contributed by atoms with E-state index in [1.54, 1.807) is 53.0 Å². The van der Waals surface area contributed by atoms with Gasteiger partial charge in [-0.3, -0.25) is 4.99 Å². The average molecular weight is 806 g/mol. The number of nitrogen functional groups attached to an aromatic ring is 1. The molecule has 0 radical (unpaired) electrons. The van der Waals surface area contributed by atoms with Crippen molar-refractivity contribution < 1.29 is 19.1 Å². The Balaban J connectivity index is 0.000000190. The number of benzene rings is 1. The molecule has 0 spiro atoms. The van der Waals surface area contributed by atoms with E-state index in [-0.39, 0.29) is 12.1 Å². The van der Waals surface area contributed by atoms with Gasteiger partial charge >= 0.3 is 12.1 Å². The molecule has 3 aliphatic heterocycles. The summed E-state index contributed by atoms with van der Waals surface area (Å²) in [5.41, 5.74) is 11.4. The molecular formula is C37H44ClN11O4S2. The summed E-state index contributed by atoms with van der Waals surface area (Å²) in [7, 11) is 5.26. The predicted molar refractivity (Wildman–Crippen MR) is 218 cm³/mol. The number of aliphatic imine (C=N–C) groups is 1. The third kappa shape index (κ3) is 7.97. The Morgan fingerprint density at radius 1 is 0.927 bits per heavy atom. The molecule has 0 unspecified atom stereocenters. The van der Waals surface area contributed by atoms with E-state index in [1.807, 2.05) is 36.1 Å². The minimum atomic E-state index is 0.0119. The Bertz CT molecular complexity index is 2250. The van der Waals surface area contributed by atoms with E-state index >= 15 is 0 Å². The molecule has 4 aromatic heterocycles. The summed E-state index contributed by atoms with van der Waals surface area (Å²) in [4.78, 5) is 58.3. The molecule has 55 heavy (non-hydrogen) atoms. The summed E-state index contributed by atoms with van der Waals surface area (Å²) in [5, 5.41) is 5.46. The number of halogens is 1. The molecule has 7 heterocycles. The lowest BCUT2D eigenvalue weighted by Gasteiger charge is -2.31. The molecule has 5 aromatic rings. The minimum absolute atomic E-state index is 0.0119. The van der Waals surface area contributed by atoms with Crippen molar-refractivity contribution in [1.29, 1.82) is 0 Å². The zero-order valence-electron chi connectivity index (χ0n) is 31.3. The highest BCUT2D eigenvalue weighted by molar-refractivity contribution is 7.19. The van der Waals surface area contributed by atoms with Gasteiger partial charge in [-0.15, -0.1) is 34.3 Å². The number of rotatable bonds is 9. The maximum absolute atomic E-state index is 12.9. The molecular weight excluding hydrogens is 762 g/mol. The van der Waals surface area contributed by atoms with Crippen LogP contribution in [0.15, 0.2) is 29.8 Å². The van der Waals surface area contributed by atoms with Gasteiger partial charge in [-0.25, -0.2) is 29.5 Å². The van der Waals surface area contributed by atoms with Crippen LogP contribution in [0.5, 0.6) is 5.75 Å². The van der Waals surface area contributed by atoms with Crippen LogP contribution in [0.3, 0.4) is 0 Å². The first-order valence-electron chi connectivity index (χ1n) is 18.1. The number of likely N-dealkylation sites (N-methyl/N-ethyl adjacent to an activating group) is 1. The molecule has 18 heteroatoms. The summed E-state index contributed by atoms with van der Waals surface area (Å²) in [6, 6.07) is 4.11. The van der Waals surface area contributed by atoms with Crippen LogP contribution < -0.4 is 15.8 Å². The molecule has 0 fully saturated rings. The molecule has 0 bridgehead atoms. The normalized spacial score (nSPS) is 14.3. The monoisotopic (exact) mass is 805 g/mol. The fourth-order valence-corrected chi connectivity index (χ4v) is 9.65. The number of thiophene rings is 2. The van der Waals surface area contributed by atoms with E-state index in [2.05, 4.69) is 36.3 Å².